The number of hydrogen-bond acceptors (Lipinski definition) is 4. The Bertz CT molecular complexity index is 977. The van der Waals surface area contributed by atoms with E-state index in [1.165, 1.54) is 6.42 Å². The van der Waals surface area contributed by atoms with Gasteiger partial charge in [0.25, 0.3) is 0 Å². The van der Waals surface area contributed by atoms with Crippen LogP contribution in [0.5, 0.6) is 5.75 Å². The van der Waals surface area contributed by atoms with E-state index < -0.39 is 0 Å². The molecular formula is C29H37N3O2. The van der Waals surface area contributed by atoms with Crippen molar-refractivity contribution in [1.82, 2.24) is 15.6 Å². The lowest BCUT2D eigenvalue weighted by Crippen LogP contribution is -2.37. The molecule has 1 heterocycles. The normalized spacial score (nSPS) is 13.6. The zero-order valence-electron chi connectivity index (χ0n) is 20.5. The third kappa shape index (κ3) is 7.99. The molecule has 5 nitrogen and oxygen atoms in total. The molecule has 1 aromatic heterocycles. The molecule has 0 radical (unpaired) electrons. The predicted molar refractivity (Wildman–Crippen MR) is 138 cm³/mol. The van der Waals surface area contributed by atoms with E-state index in [1.807, 2.05) is 73.7 Å². The minimum absolute atomic E-state index is 0.00984. The molecule has 2 N–H and O–H groups in total. The van der Waals surface area contributed by atoms with Gasteiger partial charge < -0.3 is 15.4 Å². The Morgan fingerprint density at radius 3 is 2.32 bits per heavy atom. The van der Waals surface area contributed by atoms with Gasteiger partial charge in [0.1, 0.15) is 5.75 Å². The summed E-state index contributed by atoms with van der Waals surface area (Å²) >= 11 is 0. The molecule has 2 aromatic carbocycles. The van der Waals surface area contributed by atoms with Gasteiger partial charge in [-0.05, 0) is 60.2 Å². The van der Waals surface area contributed by atoms with Crippen molar-refractivity contribution < 1.29 is 9.53 Å². The third-order valence-electron chi connectivity index (χ3n) is 6.03. The quantitative estimate of drug-likeness (QED) is 0.347. The van der Waals surface area contributed by atoms with Crippen LogP contribution in [0.2, 0.25) is 0 Å². The number of rotatable bonds is 13. The average Bonchev–Trinajstić information content (AvgIpc) is 2.88. The van der Waals surface area contributed by atoms with Crippen LogP contribution in [0.15, 0.2) is 79.1 Å². The Morgan fingerprint density at radius 2 is 1.65 bits per heavy atom. The van der Waals surface area contributed by atoms with Crippen molar-refractivity contribution in [3.8, 4) is 5.75 Å². The second-order valence-electron chi connectivity index (χ2n) is 8.95. The topological polar surface area (TPSA) is 63.2 Å². The smallest absolute Gasteiger partial charge is 0.227 e. The summed E-state index contributed by atoms with van der Waals surface area (Å²) in [7, 11) is 0. The summed E-state index contributed by atoms with van der Waals surface area (Å²) in [5, 5.41) is 6.73. The number of pyridine rings is 1. The van der Waals surface area contributed by atoms with Crippen molar-refractivity contribution in [2.75, 3.05) is 13.2 Å². The molecular weight excluding hydrogens is 422 g/mol. The molecule has 3 atom stereocenters. The number of hydrogen-bond donors (Lipinski definition) is 2. The van der Waals surface area contributed by atoms with E-state index in [0.717, 1.165) is 35.5 Å². The molecule has 3 unspecified atom stereocenters. The highest BCUT2D eigenvalue weighted by Crippen LogP contribution is 2.21. The van der Waals surface area contributed by atoms with Crippen molar-refractivity contribution in [1.29, 1.82) is 0 Å². The highest BCUT2D eigenvalue weighted by atomic mass is 16.5. The molecule has 0 aliphatic carbocycles. The molecule has 0 aliphatic rings. The first-order chi connectivity index (χ1) is 16.6. The summed E-state index contributed by atoms with van der Waals surface area (Å²) in [5.41, 5.74) is 3.21. The van der Waals surface area contributed by atoms with Gasteiger partial charge in [0.2, 0.25) is 5.91 Å². The number of carbonyl (C=O) groups excluding carboxylic acids is 1. The van der Waals surface area contributed by atoms with Gasteiger partial charge in [-0.2, -0.15) is 0 Å². The van der Waals surface area contributed by atoms with Crippen LogP contribution in [0, 0.1) is 5.92 Å². The van der Waals surface area contributed by atoms with Gasteiger partial charge in [0.05, 0.1) is 18.6 Å². The van der Waals surface area contributed by atoms with E-state index in [-0.39, 0.29) is 17.9 Å². The Labute approximate surface area is 204 Å². The molecule has 0 aliphatic heterocycles. The van der Waals surface area contributed by atoms with Crippen LogP contribution in [0.25, 0.3) is 0 Å². The molecule has 0 fully saturated rings. The first-order valence-electron chi connectivity index (χ1n) is 12.2. The SMILES string of the molecule is CCCC(C)COc1ccc(C(CNCc2ccncc2)NC(=O)C(C)c2ccccc2)cc1. The van der Waals surface area contributed by atoms with Crippen molar-refractivity contribution in [2.45, 2.75) is 52.1 Å². The Hall–Kier alpha value is -3.18. The molecule has 5 heteroatoms. The monoisotopic (exact) mass is 459 g/mol. The van der Waals surface area contributed by atoms with Gasteiger partial charge in [0, 0.05) is 25.5 Å². The van der Waals surface area contributed by atoms with Gasteiger partial charge in [0.15, 0.2) is 0 Å². The summed E-state index contributed by atoms with van der Waals surface area (Å²) in [6.45, 7) is 8.39. The fourth-order valence-corrected chi connectivity index (χ4v) is 3.91. The second kappa shape index (κ2) is 13.5. The van der Waals surface area contributed by atoms with Crippen LogP contribution in [0.4, 0.5) is 0 Å². The van der Waals surface area contributed by atoms with Crippen LogP contribution in [0.3, 0.4) is 0 Å². The highest BCUT2D eigenvalue weighted by Gasteiger charge is 2.20. The molecule has 180 valence electrons. The van der Waals surface area contributed by atoms with Gasteiger partial charge >= 0.3 is 0 Å². The number of nitrogens with zero attached hydrogens (tertiary/aromatic N) is 1. The third-order valence-corrected chi connectivity index (χ3v) is 6.03. The molecule has 34 heavy (non-hydrogen) atoms. The lowest BCUT2D eigenvalue weighted by molar-refractivity contribution is -0.123. The molecule has 0 spiro atoms. The first-order valence-corrected chi connectivity index (χ1v) is 12.2. The van der Waals surface area contributed by atoms with Gasteiger partial charge in [-0.25, -0.2) is 0 Å². The molecule has 1 amide bonds. The van der Waals surface area contributed by atoms with Crippen LogP contribution in [-0.2, 0) is 11.3 Å². The fraction of sp³-hybridized carbons (Fsp3) is 0.379. The van der Waals surface area contributed by atoms with Crippen molar-refractivity contribution in [3.63, 3.8) is 0 Å². The average molecular weight is 460 g/mol. The van der Waals surface area contributed by atoms with Crippen LogP contribution in [-0.4, -0.2) is 24.0 Å². The van der Waals surface area contributed by atoms with Gasteiger partial charge in [-0.1, -0.05) is 62.7 Å². The van der Waals surface area contributed by atoms with E-state index >= 15 is 0 Å². The lowest BCUT2D eigenvalue weighted by atomic mass is 9.99. The van der Waals surface area contributed by atoms with Crippen LogP contribution < -0.4 is 15.4 Å². The van der Waals surface area contributed by atoms with Gasteiger partial charge in [-0.15, -0.1) is 0 Å². The predicted octanol–water partition coefficient (Wildman–Crippen LogP) is 5.65. The lowest BCUT2D eigenvalue weighted by Gasteiger charge is -2.23. The van der Waals surface area contributed by atoms with Crippen LogP contribution >= 0.6 is 0 Å². The molecule has 0 bridgehead atoms. The number of nitrogens with one attached hydrogen (secondary N) is 2. The Kier molecular flexibility index (Phi) is 10.1. The fourth-order valence-electron chi connectivity index (χ4n) is 3.91. The maximum absolute atomic E-state index is 13.1. The van der Waals surface area contributed by atoms with Gasteiger partial charge in [-0.3, -0.25) is 9.78 Å². The molecule has 3 rings (SSSR count). The summed E-state index contributed by atoms with van der Waals surface area (Å²) in [5.74, 6) is 1.18. The summed E-state index contributed by atoms with van der Waals surface area (Å²) in [6, 6.07) is 21.8. The minimum atomic E-state index is -0.230. The number of ether oxygens (including phenoxy) is 1. The van der Waals surface area contributed by atoms with E-state index in [2.05, 4.69) is 29.5 Å². The maximum atomic E-state index is 13.1. The van der Waals surface area contributed by atoms with E-state index in [9.17, 15) is 4.79 Å². The van der Waals surface area contributed by atoms with Crippen LogP contribution in [0.1, 0.15) is 62.3 Å². The highest BCUT2D eigenvalue weighted by molar-refractivity contribution is 5.83. The maximum Gasteiger partial charge on any atom is 0.227 e. The zero-order valence-corrected chi connectivity index (χ0v) is 20.5. The number of carbonyl (C=O) groups is 1. The van der Waals surface area contributed by atoms with E-state index in [0.29, 0.717) is 19.0 Å². The molecule has 0 saturated heterocycles. The Morgan fingerprint density at radius 1 is 0.941 bits per heavy atom. The van der Waals surface area contributed by atoms with Crippen molar-refractivity contribution in [3.05, 3.63) is 95.8 Å². The van der Waals surface area contributed by atoms with E-state index in [4.69, 9.17) is 4.74 Å². The summed E-state index contributed by atoms with van der Waals surface area (Å²) in [6.07, 6.45) is 5.91. The molecule has 3 aromatic rings. The van der Waals surface area contributed by atoms with Crippen molar-refractivity contribution in [2.24, 2.45) is 5.92 Å². The standard InChI is InChI=1S/C29H37N3O2/c1-4-8-22(2)21-34-27-13-11-26(12-14-27)28(20-31-19-24-15-17-30-18-16-24)32-29(33)23(3)25-9-6-5-7-10-25/h5-7,9-18,22-23,28,31H,4,8,19-21H2,1-3H3,(H,32,33). The second-order valence-corrected chi connectivity index (χ2v) is 8.95. The number of aromatic nitrogens is 1. The number of amides is 1. The summed E-state index contributed by atoms with van der Waals surface area (Å²) < 4.78 is 5.96. The number of benzene rings is 2. The zero-order chi connectivity index (χ0) is 24.2. The largest absolute Gasteiger partial charge is 0.493 e. The van der Waals surface area contributed by atoms with E-state index in [1.54, 1.807) is 12.4 Å². The Balaban J connectivity index is 1.66. The first kappa shape index (κ1) is 25.4. The minimum Gasteiger partial charge on any atom is -0.493 e. The molecule has 0 saturated carbocycles. The van der Waals surface area contributed by atoms with Crippen molar-refractivity contribution >= 4 is 5.91 Å². The summed E-state index contributed by atoms with van der Waals surface area (Å²) in [4.78, 5) is 17.2.